The van der Waals surface area contributed by atoms with Crippen LogP contribution >= 0.6 is 0 Å². The molecule has 1 heterocycles. The molecule has 31 heavy (non-hydrogen) atoms. The van der Waals surface area contributed by atoms with Crippen molar-refractivity contribution in [3.63, 3.8) is 0 Å². The summed E-state index contributed by atoms with van der Waals surface area (Å²) in [6, 6.07) is 15.7. The molecule has 0 bridgehead atoms. The number of unbranched alkanes of at least 4 members (excludes halogenated alkanes) is 5. The first kappa shape index (κ1) is 22.9. The molecule has 0 aliphatic heterocycles. The van der Waals surface area contributed by atoms with E-state index in [1.54, 1.807) is 7.11 Å². The van der Waals surface area contributed by atoms with Crippen molar-refractivity contribution in [2.75, 3.05) is 7.11 Å². The lowest BCUT2D eigenvalue weighted by Gasteiger charge is -2.16. The van der Waals surface area contributed by atoms with Crippen LogP contribution in [0.15, 0.2) is 48.5 Å². The Bertz CT molecular complexity index is 962. The Kier molecular flexibility index (Phi) is 8.51. The zero-order valence-corrected chi connectivity index (χ0v) is 19.1. The van der Waals surface area contributed by atoms with Gasteiger partial charge in [0.2, 0.25) is 5.91 Å². The van der Waals surface area contributed by atoms with Gasteiger partial charge >= 0.3 is 0 Å². The van der Waals surface area contributed by atoms with Crippen LogP contribution in [0.3, 0.4) is 0 Å². The maximum absolute atomic E-state index is 12.7. The highest BCUT2D eigenvalue weighted by Crippen LogP contribution is 2.22. The molecule has 1 unspecified atom stereocenters. The fraction of sp³-hybridized carbons (Fsp3) is 0.462. The van der Waals surface area contributed by atoms with Gasteiger partial charge in [-0.2, -0.15) is 0 Å². The molecule has 0 fully saturated rings. The van der Waals surface area contributed by atoms with Crippen LogP contribution in [0.25, 0.3) is 11.0 Å². The Hall–Kier alpha value is -2.82. The molecule has 0 saturated heterocycles. The van der Waals surface area contributed by atoms with Crippen LogP contribution < -0.4 is 10.1 Å². The molecule has 0 radical (unpaired) electrons. The molecule has 3 rings (SSSR count). The monoisotopic (exact) mass is 421 g/mol. The Morgan fingerprint density at radius 3 is 2.48 bits per heavy atom. The maximum atomic E-state index is 12.7. The summed E-state index contributed by atoms with van der Waals surface area (Å²) in [5.41, 5.74) is 3.09. The maximum Gasteiger partial charge on any atom is 0.224 e. The first-order valence-electron chi connectivity index (χ1n) is 11.5. The Labute approximate surface area is 185 Å². The average Bonchev–Trinajstić information content (AvgIpc) is 3.15. The zero-order chi connectivity index (χ0) is 22.1. The van der Waals surface area contributed by atoms with Gasteiger partial charge in [0.05, 0.1) is 30.6 Å². The summed E-state index contributed by atoms with van der Waals surface area (Å²) in [4.78, 5) is 17.5. The lowest BCUT2D eigenvalue weighted by Crippen LogP contribution is -2.30. The fourth-order valence-electron chi connectivity index (χ4n) is 4.00. The summed E-state index contributed by atoms with van der Waals surface area (Å²) in [5.74, 6) is 1.72. The van der Waals surface area contributed by atoms with E-state index in [2.05, 4.69) is 28.9 Å². The number of aromatic nitrogens is 2. The average molecular weight is 422 g/mol. The van der Waals surface area contributed by atoms with E-state index < -0.39 is 0 Å². The van der Waals surface area contributed by atoms with Crippen molar-refractivity contribution in [2.45, 2.75) is 71.4 Å². The number of benzene rings is 2. The van der Waals surface area contributed by atoms with Gasteiger partial charge in [0, 0.05) is 6.54 Å². The van der Waals surface area contributed by atoms with Gasteiger partial charge in [-0.25, -0.2) is 4.98 Å². The summed E-state index contributed by atoms with van der Waals surface area (Å²) in [7, 11) is 1.64. The number of fused-ring (bicyclic) bond motifs is 1. The molecule has 0 saturated carbocycles. The van der Waals surface area contributed by atoms with Gasteiger partial charge in [-0.15, -0.1) is 0 Å². The summed E-state index contributed by atoms with van der Waals surface area (Å²) in [6.07, 6.45) is 7.87. The number of amides is 1. The SMILES string of the molecule is CCCCCCCCn1c(C(C)NC(=O)Cc2ccc(OC)cc2)nc2ccccc21. The van der Waals surface area contributed by atoms with Crippen LogP contribution in [0.2, 0.25) is 0 Å². The van der Waals surface area contributed by atoms with Crippen LogP contribution in [0.4, 0.5) is 0 Å². The van der Waals surface area contributed by atoms with E-state index in [4.69, 9.17) is 9.72 Å². The van der Waals surface area contributed by atoms with E-state index in [0.29, 0.717) is 6.42 Å². The van der Waals surface area contributed by atoms with Crippen molar-refractivity contribution in [3.05, 3.63) is 59.9 Å². The van der Waals surface area contributed by atoms with Crippen LogP contribution in [0.1, 0.15) is 69.8 Å². The van der Waals surface area contributed by atoms with E-state index in [-0.39, 0.29) is 11.9 Å². The zero-order valence-electron chi connectivity index (χ0n) is 19.1. The largest absolute Gasteiger partial charge is 0.497 e. The first-order valence-corrected chi connectivity index (χ1v) is 11.5. The third kappa shape index (κ3) is 6.33. The second-order valence-electron chi connectivity index (χ2n) is 8.19. The van der Waals surface area contributed by atoms with Gasteiger partial charge in [0.1, 0.15) is 11.6 Å². The van der Waals surface area contributed by atoms with Gasteiger partial charge in [-0.05, 0) is 43.2 Å². The highest BCUT2D eigenvalue weighted by atomic mass is 16.5. The number of nitrogens with zero attached hydrogens (tertiary/aromatic N) is 2. The van der Waals surface area contributed by atoms with E-state index >= 15 is 0 Å². The Morgan fingerprint density at radius 2 is 1.74 bits per heavy atom. The van der Waals surface area contributed by atoms with Gasteiger partial charge in [-0.1, -0.05) is 63.3 Å². The molecule has 1 aromatic heterocycles. The number of rotatable bonds is 12. The van der Waals surface area contributed by atoms with Gasteiger partial charge in [0.15, 0.2) is 0 Å². The minimum absolute atomic E-state index is 0.00385. The minimum atomic E-state index is -0.154. The number of carbonyl (C=O) groups is 1. The van der Waals surface area contributed by atoms with Crippen molar-refractivity contribution in [1.82, 2.24) is 14.9 Å². The second-order valence-corrected chi connectivity index (χ2v) is 8.19. The van der Waals surface area contributed by atoms with Crippen molar-refractivity contribution in [2.24, 2.45) is 0 Å². The van der Waals surface area contributed by atoms with E-state index in [9.17, 15) is 4.79 Å². The number of para-hydroxylation sites is 2. The molecule has 0 spiro atoms. The highest BCUT2D eigenvalue weighted by molar-refractivity contribution is 5.79. The minimum Gasteiger partial charge on any atom is -0.497 e. The van der Waals surface area contributed by atoms with Crippen LogP contribution in [0, 0.1) is 0 Å². The topological polar surface area (TPSA) is 56.2 Å². The molecule has 3 aromatic rings. The summed E-state index contributed by atoms with van der Waals surface area (Å²) >= 11 is 0. The van der Waals surface area contributed by atoms with E-state index in [0.717, 1.165) is 41.1 Å². The molecule has 0 aliphatic rings. The van der Waals surface area contributed by atoms with E-state index in [1.807, 2.05) is 43.3 Å². The molecule has 0 aliphatic carbocycles. The number of methoxy groups -OCH3 is 1. The predicted octanol–water partition coefficient (Wildman–Crippen LogP) is 5.83. The summed E-state index contributed by atoms with van der Waals surface area (Å²) in [6.45, 7) is 5.19. The third-order valence-electron chi connectivity index (χ3n) is 5.71. The number of imidazole rings is 1. The van der Waals surface area contributed by atoms with Crippen molar-refractivity contribution >= 4 is 16.9 Å². The molecular weight excluding hydrogens is 386 g/mol. The molecular formula is C26H35N3O2. The van der Waals surface area contributed by atoms with Crippen LogP contribution in [0.5, 0.6) is 5.75 Å². The lowest BCUT2D eigenvalue weighted by molar-refractivity contribution is -0.121. The predicted molar refractivity (Wildman–Crippen MR) is 126 cm³/mol. The lowest BCUT2D eigenvalue weighted by atomic mass is 10.1. The van der Waals surface area contributed by atoms with E-state index in [1.165, 1.54) is 32.1 Å². The number of hydrogen-bond donors (Lipinski definition) is 1. The molecule has 5 heteroatoms. The van der Waals surface area contributed by atoms with Crippen molar-refractivity contribution in [1.29, 1.82) is 0 Å². The molecule has 1 N–H and O–H groups in total. The van der Waals surface area contributed by atoms with Gasteiger partial charge < -0.3 is 14.6 Å². The Balaban J connectivity index is 1.65. The quantitative estimate of drug-likeness (QED) is 0.375. The highest BCUT2D eigenvalue weighted by Gasteiger charge is 2.18. The van der Waals surface area contributed by atoms with Gasteiger partial charge in [-0.3, -0.25) is 4.79 Å². The van der Waals surface area contributed by atoms with Gasteiger partial charge in [0.25, 0.3) is 0 Å². The fourth-order valence-corrected chi connectivity index (χ4v) is 4.00. The second kappa shape index (κ2) is 11.5. The molecule has 5 nitrogen and oxygen atoms in total. The number of hydrogen-bond acceptors (Lipinski definition) is 3. The summed E-state index contributed by atoms with van der Waals surface area (Å²) < 4.78 is 7.47. The smallest absolute Gasteiger partial charge is 0.224 e. The summed E-state index contributed by atoms with van der Waals surface area (Å²) in [5, 5.41) is 3.14. The molecule has 166 valence electrons. The Morgan fingerprint density at radius 1 is 1.03 bits per heavy atom. The molecule has 2 aromatic carbocycles. The van der Waals surface area contributed by atoms with Crippen molar-refractivity contribution in [3.8, 4) is 5.75 Å². The first-order chi connectivity index (χ1) is 15.1. The number of aryl methyl sites for hydroxylation is 1. The van der Waals surface area contributed by atoms with Crippen LogP contribution in [-0.4, -0.2) is 22.6 Å². The number of carbonyl (C=O) groups excluding carboxylic acids is 1. The molecule has 1 amide bonds. The number of ether oxygens (including phenoxy) is 1. The third-order valence-corrected chi connectivity index (χ3v) is 5.71. The van der Waals surface area contributed by atoms with Crippen molar-refractivity contribution < 1.29 is 9.53 Å². The normalized spacial score (nSPS) is 12.1. The standard InChI is InChI=1S/C26H35N3O2/c1-4-5-6-7-8-11-18-29-24-13-10-9-12-23(24)28-26(29)20(2)27-25(30)19-21-14-16-22(31-3)17-15-21/h9-10,12-17,20H,4-8,11,18-19H2,1-3H3,(H,27,30). The van der Waals surface area contributed by atoms with Crippen LogP contribution in [-0.2, 0) is 17.8 Å². The molecule has 1 atom stereocenters. The number of nitrogens with one attached hydrogen (secondary N) is 1.